The Morgan fingerprint density at radius 2 is 1.59 bits per heavy atom. The van der Waals surface area contributed by atoms with Gasteiger partial charge in [0.05, 0.1) is 31.3 Å². The van der Waals surface area contributed by atoms with Crippen molar-refractivity contribution in [3.63, 3.8) is 0 Å². The number of carbonyl (C=O) groups excluding carboxylic acids is 1. The highest BCUT2D eigenvalue weighted by atomic mass is 16.6. The lowest BCUT2D eigenvalue weighted by Crippen LogP contribution is -2.57. The minimum Gasteiger partial charge on any atom is -0.481 e. The minimum absolute atomic E-state index is 0.0185. The maximum absolute atomic E-state index is 12.2. The zero-order valence-electron chi connectivity index (χ0n) is 17.8. The second-order valence-electron chi connectivity index (χ2n) is 7.97. The molecule has 1 fully saturated rings. The fourth-order valence-electron chi connectivity index (χ4n) is 2.43. The Morgan fingerprint density at radius 3 is 1.94 bits per heavy atom. The van der Waals surface area contributed by atoms with Crippen molar-refractivity contribution in [2.45, 2.75) is 63.4 Å². The molecule has 0 saturated carbocycles. The molecule has 5 N–H and O–H groups in total. The predicted molar refractivity (Wildman–Crippen MR) is 106 cm³/mol. The van der Waals surface area contributed by atoms with Crippen LogP contribution in [0.15, 0.2) is 18.7 Å². The molecule has 0 spiro atoms. The number of carbonyl (C=O) groups is 4. The number of carboxylic acids is 3. The first-order chi connectivity index (χ1) is 14.7. The molecule has 178 valence electrons. The van der Waals surface area contributed by atoms with Gasteiger partial charge in [0.1, 0.15) is 11.9 Å². The van der Waals surface area contributed by atoms with Gasteiger partial charge in [0.2, 0.25) is 6.10 Å². The number of aliphatic carboxylic acids is 3. The summed E-state index contributed by atoms with van der Waals surface area (Å²) in [4.78, 5) is 50.4. The molecule has 2 heterocycles. The van der Waals surface area contributed by atoms with Crippen LogP contribution in [0.25, 0.3) is 0 Å². The largest absolute Gasteiger partial charge is 0.481 e. The Labute approximate surface area is 183 Å². The smallest absolute Gasteiger partial charge is 0.349 e. The molecule has 1 unspecified atom stereocenters. The van der Waals surface area contributed by atoms with E-state index in [1.165, 1.54) is 18.7 Å². The number of hydrogen-bond donors (Lipinski definition) is 5. The van der Waals surface area contributed by atoms with E-state index in [-0.39, 0.29) is 12.0 Å². The molecule has 0 aliphatic carbocycles. The zero-order chi connectivity index (χ0) is 24.5. The zero-order valence-corrected chi connectivity index (χ0v) is 17.8. The molecule has 32 heavy (non-hydrogen) atoms. The monoisotopic (exact) mass is 457 g/mol. The summed E-state index contributed by atoms with van der Waals surface area (Å²) < 4.78 is 11.0. The summed E-state index contributed by atoms with van der Waals surface area (Å²) in [5.41, 5.74) is -3.27. The van der Waals surface area contributed by atoms with Crippen molar-refractivity contribution in [1.82, 2.24) is 15.3 Å². The molecule has 13 nitrogen and oxygen atoms in total. The lowest BCUT2D eigenvalue weighted by molar-refractivity contribution is -0.170. The van der Waals surface area contributed by atoms with E-state index >= 15 is 0 Å². The second kappa shape index (κ2) is 11.3. The third-order valence-electron chi connectivity index (χ3n) is 3.95. The van der Waals surface area contributed by atoms with Crippen LogP contribution in [0, 0.1) is 0 Å². The first-order valence-electron chi connectivity index (χ1n) is 9.51. The number of hydrogen-bond acceptors (Lipinski definition) is 10. The van der Waals surface area contributed by atoms with Gasteiger partial charge >= 0.3 is 23.9 Å². The van der Waals surface area contributed by atoms with Crippen molar-refractivity contribution in [3.8, 4) is 5.75 Å². The SMILES string of the molecule is CC(C)(C)OC(=O)C(Oc1cncnc1)[C@@H]1CCN1.O=C(O)CC(O)(CC(=O)O)C(=O)O. The molecule has 1 aromatic rings. The van der Waals surface area contributed by atoms with Crippen molar-refractivity contribution < 1.29 is 49.1 Å². The number of aromatic nitrogens is 2. The Hall–Kier alpha value is -3.32. The molecule has 0 amide bonds. The number of ether oxygens (including phenoxy) is 2. The van der Waals surface area contributed by atoms with Crippen LogP contribution in [-0.4, -0.2) is 84.2 Å². The van der Waals surface area contributed by atoms with Crippen molar-refractivity contribution in [3.05, 3.63) is 18.7 Å². The normalized spacial score (nSPS) is 16.4. The highest BCUT2D eigenvalue weighted by molar-refractivity contribution is 5.88. The molecule has 1 aliphatic heterocycles. The van der Waals surface area contributed by atoms with Crippen LogP contribution in [0.5, 0.6) is 5.75 Å². The van der Waals surface area contributed by atoms with Crippen LogP contribution in [0.2, 0.25) is 0 Å². The Bertz CT molecular complexity index is 789. The lowest BCUT2D eigenvalue weighted by Gasteiger charge is -2.35. The average molecular weight is 457 g/mol. The van der Waals surface area contributed by atoms with E-state index in [9.17, 15) is 19.2 Å². The third-order valence-corrected chi connectivity index (χ3v) is 3.95. The molecule has 0 aromatic carbocycles. The van der Waals surface area contributed by atoms with E-state index < -0.39 is 48.1 Å². The summed E-state index contributed by atoms with van der Waals surface area (Å²) in [7, 11) is 0. The second-order valence-corrected chi connectivity index (χ2v) is 7.97. The number of aliphatic hydroxyl groups is 1. The summed E-state index contributed by atoms with van der Waals surface area (Å²) in [6.45, 7) is 6.39. The van der Waals surface area contributed by atoms with Gasteiger partial charge in [0, 0.05) is 0 Å². The molecule has 0 bridgehead atoms. The molecular formula is C19H27N3O10. The minimum atomic E-state index is -2.74. The first-order valence-corrected chi connectivity index (χ1v) is 9.51. The third kappa shape index (κ3) is 9.22. The summed E-state index contributed by atoms with van der Waals surface area (Å²) in [5, 5.41) is 37.0. The van der Waals surface area contributed by atoms with Crippen LogP contribution < -0.4 is 10.1 Å². The molecular weight excluding hydrogens is 430 g/mol. The van der Waals surface area contributed by atoms with Gasteiger partial charge in [0.15, 0.2) is 11.4 Å². The summed E-state index contributed by atoms with van der Waals surface area (Å²) in [6.07, 6.45) is 2.41. The lowest BCUT2D eigenvalue weighted by atomic mass is 9.96. The fraction of sp³-hybridized carbons (Fsp3) is 0.579. The average Bonchev–Trinajstić information content (AvgIpc) is 2.58. The molecule has 13 heteroatoms. The van der Waals surface area contributed by atoms with E-state index in [1.807, 2.05) is 20.8 Å². The van der Waals surface area contributed by atoms with Crippen molar-refractivity contribution in [2.75, 3.05) is 6.54 Å². The first kappa shape index (κ1) is 26.7. The number of esters is 1. The maximum atomic E-state index is 12.2. The van der Waals surface area contributed by atoms with Gasteiger partial charge in [0.25, 0.3) is 0 Å². The highest BCUT2D eigenvalue weighted by Crippen LogP contribution is 2.19. The number of nitrogens with one attached hydrogen (secondary N) is 1. The Balaban J connectivity index is 0.000000347. The quantitative estimate of drug-likeness (QED) is 0.302. The van der Waals surface area contributed by atoms with E-state index in [4.69, 9.17) is 29.9 Å². The highest BCUT2D eigenvalue weighted by Gasteiger charge is 2.41. The topological polar surface area (TPSA) is 205 Å². The number of rotatable bonds is 9. The number of carboxylic acid groups (broad SMARTS) is 3. The van der Waals surface area contributed by atoms with Crippen molar-refractivity contribution in [1.29, 1.82) is 0 Å². The fourth-order valence-corrected chi connectivity index (χ4v) is 2.43. The molecule has 1 aliphatic rings. The van der Waals surface area contributed by atoms with Crippen molar-refractivity contribution >= 4 is 23.9 Å². The maximum Gasteiger partial charge on any atom is 0.349 e. The Morgan fingerprint density at radius 1 is 1.09 bits per heavy atom. The van der Waals surface area contributed by atoms with Crippen LogP contribution in [-0.2, 0) is 23.9 Å². The van der Waals surface area contributed by atoms with Gasteiger partial charge in [-0.05, 0) is 33.7 Å². The van der Waals surface area contributed by atoms with Gasteiger partial charge in [-0.3, -0.25) is 9.59 Å². The van der Waals surface area contributed by atoms with Crippen LogP contribution in [0.4, 0.5) is 0 Å². The standard InChI is InChI=1S/C13H19N3O3.C6H8O7/c1-13(2,3)19-12(17)11(10-4-5-16-10)18-9-6-14-8-15-7-9;7-3(8)1-6(13,5(11)12)2-4(9)10/h6-8,10-11,16H,4-5H2,1-3H3;13H,1-2H2,(H,7,8)(H,9,10)(H,11,12)/t10-,11?;/m0./s1. The molecule has 0 radical (unpaired) electrons. The molecule has 2 rings (SSSR count). The summed E-state index contributed by atoms with van der Waals surface area (Å²) in [6, 6.07) is -0.0185. The van der Waals surface area contributed by atoms with E-state index in [0.29, 0.717) is 5.75 Å². The van der Waals surface area contributed by atoms with Gasteiger partial charge in [-0.2, -0.15) is 0 Å². The molecule has 2 atom stereocenters. The van der Waals surface area contributed by atoms with E-state index in [1.54, 1.807) is 0 Å². The van der Waals surface area contributed by atoms with Gasteiger partial charge in [-0.15, -0.1) is 0 Å². The summed E-state index contributed by atoms with van der Waals surface area (Å²) >= 11 is 0. The van der Waals surface area contributed by atoms with E-state index in [0.717, 1.165) is 13.0 Å². The van der Waals surface area contributed by atoms with Gasteiger partial charge in [-0.1, -0.05) is 0 Å². The Kier molecular flexibility index (Phi) is 9.47. The number of nitrogens with zero attached hydrogens (tertiary/aromatic N) is 2. The van der Waals surface area contributed by atoms with Crippen LogP contribution >= 0.6 is 0 Å². The van der Waals surface area contributed by atoms with Gasteiger partial charge in [-0.25, -0.2) is 19.6 Å². The predicted octanol–water partition coefficient (Wildman–Crippen LogP) is -0.321. The molecule has 1 saturated heterocycles. The van der Waals surface area contributed by atoms with Gasteiger partial charge < -0.3 is 35.2 Å². The molecule has 1 aromatic heterocycles. The van der Waals surface area contributed by atoms with Crippen LogP contribution in [0.3, 0.4) is 0 Å². The van der Waals surface area contributed by atoms with Crippen molar-refractivity contribution in [2.24, 2.45) is 0 Å². The van der Waals surface area contributed by atoms with E-state index in [2.05, 4.69) is 15.3 Å². The van der Waals surface area contributed by atoms with Crippen LogP contribution in [0.1, 0.15) is 40.0 Å². The summed E-state index contributed by atoms with van der Waals surface area (Å²) in [5.74, 6) is -4.92.